The number of hydrogen-bond donors (Lipinski definition) is 0. The van der Waals surface area contributed by atoms with Gasteiger partial charge in [0.15, 0.2) is 17.3 Å². The van der Waals surface area contributed by atoms with Crippen LogP contribution in [-0.2, 0) is 31.2 Å². The van der Waals surface area contributed by atoms with Gasteiger partial charge in [-0.3, -0.25) is 19.0 Å². The maximum atomic E-state index is 14.8. The molecule has 390 valence electrons. The van der Waals surface area contributed by atoms with Crippen LogP contribution in [0.3, 0.4) is 0 Å². The van der Waals surface area contributed by atoms with Crippen molar-refractivity contribution in [3.8, 4) is 17.2 Å². The zero-order chi connectivity index (χ0) is 51.6. The number of fused-ring (bicyclic) bond motifs is 2. The van der Waals surface area contributed by atoms with Crippen LogP contribution in [0.1, 0.15) is 117 Å². The van der Waals surface area contributed by atoms with E-state index in [-0.39, 0.29) is 28.8 Å². The standard InChI is InChI=1S/C56H68ClF2N13O2/c1-35-29-69(55(74)49-10-11-52(63-62-49)67-21-15-56(16-22-67)26-37(3)71(34-56)43-9-8-40(27-60)48(57)24-43)30-36(2)46(35)32-66-18-12-42(13-19-66)72-50-14-20-68(38(4)73)33-47(50)54(64-72)70-17-6-7-39-23-44(41-28-61-65(5)31-41)45(53(58)59)25-51(39)70/h8-11,23-25,28,31,35-37,42,46,53H,6-7,12-22,26,29-30,32-34H2,1-5H3/t35-,36+,37-,46?/m0/s1. The van der Waals surface area contributed by atoms with E-state index in [1.165, 1.54) is 0 Å². The molecule has 2 amide bonds. The first kappa shape index (κ1) is 50.1. The molecule has 18 heteroatoms. The van der Waals surface area contributed by atoms with Crippen LogP contribution < -0.4 is 14.7 Å². The monoisotopic (exact) mass is 1030 g/mol. The highest BCUT2D eigenvalue weighted by molar-refractivity contribution is 6.32. The number of hydrogen-bond acceptors (Lipinski definition) is 11. The van der Waals surface area contributed by atoms with E-state index in [0.29, 0.717) is 90.3 Å². The zero-order valence-corrected chi connectivity index (χ0v) is 44.1. The number of halogens is 3. The van der Waals surface area contributed by atoms with Crippen LogP contribution in [0.4, 0.5) is 31.8 Å². The maximum Gasteiger partial charge on any atom is 0.274 e. The Kier molecular flexibility index (Phi) is 13.7. The second-order valence-corrected chi connectivity index (χ2v) is 22.9. The zero-order valence-electron chi connectivity index (χ0n) is 43.4. The van der Waals surface area contributed by atoms with Gasteiger partial charge >= 0.3 is 0 Å². The van der Waals surface area contributed by atoms with Crippen LogP contribution in [0.5, 0.6) is 0 Å². The van der Waals surface area contributed by atoms with Crippen LogP contribution in [0.25, 0.3) is 11.1 Å². The highest BCUT2D eigenvalue weighted by Crippen LogP contribution is 2.47. The van der Waals surface area contributed by atoms with Crippen molar-refractivity contribution in [1.82, 2.24) is 44.5 Å². The number of piperidine rings is 3. The van der Waals surface area contributed by atoms with Crippen LogP contribution in [0, 0.1) is 34.5 Å². The number of likely N-dealkylation sites (tertiary alicyclic amines) is 2. The predicted octanol–water partition coefficient (Wildman–Crippen LogP) is 9.09. The molecule has 0 radical (unpaired) electrons. The van der Waals surface area contributed by atoms with Crippen LogP contribution in [0.2, 0.25) is 5.02 Å². The Morgan fingerprint density at radius 2 is 1.70 bits per heavy atom. The van der Waals surface area contributed by atoms with Gasteiger partial charge < -0.3 is 29.4 Å². The normalized spacial score (nSPS) is 23.4. The van der Waals surface area contributed by atoms with Gasteiger partial charge in [-0.1, -0.05) is 25.4 Å². The smallest absolute Gasteiger partial charge is 0.274 e. The van der Waals surface area contributed by atoms with E-state index >= 15 is 0 Å². The Hall–Kier alpha value is -6.12. The maximum absolute atomic E-state index is 14.8. The van der Waals surface area contributed by atoms with Crippen molar-refractivity contribution in [2.24, 2.45) is 30.2 Å². The van der Waals surface area contributed by atoms with Gasteiger partial charge in [0.2, 0.25) is 5.91 Å². The molecule has 4 saturated heterocycles. The van der Waals surface area contributed by atoms with Crippen molar-refractivity contribution in [3.63, 3.8) is 0 Å². The van der Waals surface area contributed by atoms with Gasteiger partial charge in [0.1, 0.15) is 6.07 Å². The lowest BCUT2D eigenvalue weighted by atomic mass is 9.77. The predicted molar refractivity (Wildman–Crippen MR) is 282 cm³/mol. The van der Waals surface area contributed by atoms with E-state index in [2.05, 4.69) is 66.4 Å². The Labute approximate surface area is 438 Å². The topological polar surface area (TPSA) is 139 Å². The number of anilines is 4. The summed E-state index contributed by atoms with van der Waals surface area (Å²) in [5.41, 5.74) is 7.29. The molecule has 15 nitrogen and oxygen atoms in total. The Morgan fingerprint density at radius 3 is 2.36 bits per heavy atom. The quantitative estimate of drug-likeness (QED) is 0.140. The molecular formula is C56H68ClF2N13O2. The number of aryl methyl sites for hydroxylation is 2. The number of amides is 2. The molecule has 0 bridgehead atoms. The van der Waals surface area contributed by atoms with Gasteiger partial charge in [-0.05, 0) is 129 Å². The minimum Gasteiger partial charge on any atom is -0.368 e. The molecule has 0 saturated carbocycles. The fourth-order valence-electron chi connectivity index (χ4n) is 13.6. The second kappa shape index (κ2) is 20.2. The molecule has 5 aromatic rings. The molecule has 0 aliphatic carbocycles. The van der Waals surface area contributed by atoms with Crippen molar-refractivity contribution in [3.05, 3.63) is 93.5 Å². The molecule has 1 unspecified atom stereocenters. The van der Waals surface area contributed by atoms with Gasteiger partial charge in [-0.2, -0.15) is 15.5 Å². The molecule has 1 spiro atoms. The molecule has 2 aromatic carbocycles. The Balaban J connectivity index is 0.707. The summed E-state index contributed by atoms with van der Waals surface area (Å²) in [7, 11) is 1.79. The molecule has 4 fully saturated rings. The molecule has 6 aliphatic heterocycles. The number of carbonyl (C=O) groups excluding carboxylic acids is 2. The summed E-state index contributed by atoms with van der Waals surface area (Å²) in [5.74, 6) is 2.59. The second-order valence-electron chi connectivity index (χ2n) is 22.5. The van der Waals surface area contributed by atoms with E-state index in [1.54, 1.807) is 37.1 Å². The van der Waals surface area contributed by atoms with E-state index in [4.69, 9.17) is 16.7 Å². The van der Waals surface area contributed by atoms with Gasteiger partial charge in [0.25, 0.3) is 12.3 Å². The first-order valence-corrected chi connectivity index (χ1v) is 27.2. The van der Waals surface area contributed by atoms with Crippen molar-refractivity contribution < 1.29 is 18.4 Å². The van der Waals surface area contributed by atoms with Crippen molar-refractivity contribution >= 4 is 46.4 Å². The third-order valence-corrected chi connectivity index (χ3v) is 18.0. The molecule has 0 N–H and O–H groups in total. The molecule has 9 heterocycles. The Bertz CT molecular complexity index is 2940. The lowest BCUT2D eigenvalue weighted by Crippen LogP contribution is -2.51. The van der Waals surface area contributed by atoms with E-state index in [9.17, 15) is 23.6 Å². The van der Waals surface area contributed by atoms with Crippen LogP contribution >= 0.6 is 11.6 Å². The summed E-state index contributed by atoms with van der Waals surface area (Å²) in [6.45, 7) is 17.1. The van der Waals surface area contributed by atoms with Crippen LogP contribution in [0.15, 0.2) is 54.9 Å². The van der Waals surface area contributed by atoms with E-state index < -0.39 is 6.43 Å². The van der Waals surface area contributed by atoms with Crippen molar-refractivity contribution in [2.75, 3.05) is 80.1 Å². The summed E-state index contributed by atoms with van der Waals surface area (Å²) in [6, 6.07) is 15.9. The van der Waals surface area contributed by atoms with Crippen molar-refractivity contribution in [1.29, 1.82) is 5.26 Å². The highest BCUT2D eigenvalue weighted by Gasteiger charge is 2.45. The summed E-state index contributed by atoms with van der Waals surface area (Å²) in [6.07, 6.45) is 8.15. The van der Waals surface area contributed by atoms with Gasteiger partial charge in [0.05, 0.1) is 29.4 Å². The SMILES string of the molecule is CC(=O)N1CCc2c(c(N3CCCc4cc(-c5cnn(C)c5)c(C(F)F)cc43)nn2C2CCN(CC3[C@H](C)CN(C(=O)c4ccc(N5CCC6(CC5)C[C@H](C)N(c5ccc(C#N)c(Cl)c5)C6)nn4)C[C@@H]3C)CC2)C1. The molecule has 3 aromatic heterocycles. The first-order chi connectivity index (χ1) is 35.6. The lowest BCUT2D eigenvalue weighted by molar-refractivity contribution is -0.129. The third-order valence-electron chi connectivity index (χ3n) is 17.7. The van der Waals surface area contributed by atoms with E-state index in [0.717, 1.165) is 124 Å². The lowest BCUT2D eigenvalue weighted by Gasteiger charge is -2.44. The summed E-state index contributed by atoms with van der Waals surface area (Å²) < 4.78 is 33.5. The minimum absolute atomic E-state index is 0.0147. The number of carbonyl (C=O) groups is 2. The largest absolute Gasteiger partial charge is 0.368 e. The average molecular weight is 1030 g/mol. The molecule has 74 heavy (non-hydrogen) atoms. The highest BCUT2D eigenvalue weighted by atomic mass is 35.5. The first-order valence-electron chi connectivity index (χ1n) is 26.8. The summed E-state index contributed by atoms with van der Waals surface area (Å²) in [5, 5.41) is 28.6. The fraction of sp³-hybridized carbons (Fsp3) is 0.554. The number of nitrogens with zero attached hydrogens (tertiary/aromatic N) is 13. The number of alkyl halides is 2. The summed E-state index contributed by atoms with van der Waals surface area (Å²) in [4.78, 5) is 40.1. The van der Waals surface area contributed by atoms with Crippen LogP contribution in [-0.4, -0.2) is 128 Å². The number of rotatable bonds is 9. The molecule has 6 aliphatic rings. The van der Waals surface area contributed by atoms with E-state index in [1.807, 2.05) is 46.2 Å². The average Bonchev–Trinajstić information content (AvgIpc) is 4.11. The summed E-state index contributed by atoms with van der Waals surface area (Å²) >= 11 is 6.41. The van der Waals surface area contributed by atoms with Gasteiger partial charge in [0, 0.05) is 132 Å². The van der Waals surface area contributed by atoms with Gasteiger partial charge in [-0.25, -0.2) is 8.78 Å². The molecular weight excluding hydrogens is 960 g/mol. The minimum atomic E-state index is -2.66. The number of benzene rings is 2. The molecule has 4 atom stereocenters. The number of aromatic nitrogens is 6. The van der Waals surface area contributed by atoms with Crippen molar-refractivity contribution in [2.45, 2.75) is 104 Å². The Morgan fingerprint density at radius 1 is 0.932 bits per heavy atom. The fourth-order valence-corrected chi connectivity index (χ4v) is 13.8. The van der Waals surface area contributed by atoms with Gasteiger partial charge in [-0.15, -0.1) is 10.2 Å². The number of nitriles is 1. The molecule has 11 rings (SSSR count). The third kappa shape index (κ3) is 9.50.